The molecule has 0 radical (unpaired) electrons. The van der Waals surface area contributed by atoms with Crippen LogP contribution in [0.4, 0.5) is 13.2 Å². The molecule has 0 spiro atoms. The van der Waals surface area contributed by atoms with E-state index >= 15 is 0 Å². The van der Waals surface area contributed by atoms with E-state index in [0.717, 1.165) is 6.07 Å². The number of hydrogen-bond acceptors (Lipinski definition) is 1. The third kappa shape index (κ3) is 3.93. The molecule has 0 fully saturated rings. The van der Waals surface area contributed by atoms with Crippen LogP contribution in [0.25, 0.3) is 0 Å². The Balaban J connectivity index is 2.22. The fourth-order valence-electron chi connectivity index (χ4n) is 1.67. The molecule has 0 atom stereocenters. The predicted molar refractivity (Wildman–Crippen MR) is 74.7 cm³/mol. The Morgan fingerprint density at radius 2 is 1.90 bits per heavy atom. The van der Waals surface area contributed by atoms with E-state index in [-0.39, 0.29) is 23.8 Å². The lowest BCUT2D eigenvalue weighted by Gasteiger charge is -2.09. The molecule has 0 bridgehead atoms. The van der Waals surface area contributed by atoms with Gasteiger partial charge >= 0.3 is 0 Å². The van der Waals surface area contributed by atoms with Crippen molar-refractivity contribution < 1.29 is 17.9 Å². The topological polar surface area (TPSA) is 9.23 Å². The van der Waals surface area contributed by atoms with Gasteiger partial charge in [-0.3, -0.25) is 0 Å². The summed E-state index contributed by atoms with van der Waals surface area (Å²) in [5, 5.41) is 0. The molecule has 0 unspecified atom stereocenters. The van der Waals surface area contributed by atoms with Crippen LogP contribution in [0.5, 0.6) is 5.75 Å². The highest BCUT2D eigenvalue weighted by Crippen LogP contribution is 2.21. The highest BCUT2D eigenvalue weighted by Gasteiger charge is 2.09. The van der Waals surface area contributed by atoms with E-state index in [2.05, 4.69) is 11.8 Å². The van der Waals surface area contributed by atoms with Crippen LogP contribution < -0.4 is 4.74 Å². The lowest BCUT2D eigenvalue weighted by molar-refractivity contribution is 0.296. The van der Waals surface area contributed by atoms with Crippen molar-refractivity contribution in [3.05, 3.63) is 65.0 Å². The predicted octanol–water partition coefficient (Wildman–Crippen LogP) is 4.27. The number of ether oxygens (including phenoxy) is 1. The van der Waals surface area contributed by atoms with Crippen molar-refractivity contribution >= 4 is 11.6 Å². The summed E-state index contributed by atoms with van der Waals surface area (Å²) in [5.41, 5.74) is 0.364. The molecule has 21 heavy (non-hydrogen) atoms. The summed E-state index contributed by atoms with van der Waals surface area (Å²) in [5.74, 6) is 3.22. The van der Waals surface area contributed by atoms with Crippen molar-refractivity contribution in [2.45, 2.75) is 6.61 Å². The maximum Gasteiger partial charge on any atom is 0.165 e. The Hall–Kier alpha value is -2.12. The first-order valence-corrected chi connectivity index (χ1v) is 6.55. The van der Waals surface area contributed by atoms with E-state index in [1.807, 2.05) is 0 Å². The molecule has 0 aliphatic rings. The SMILES string of the molecule is Fc1ccc(OCc2cccc(F)c2F)c(C#CCCl)c1. The molecule has 5 heteroatoms. The van der Waals surface area contributed by atoms with Gasteiger partial charge in [-0.05, 0) is 24.3 Å². The zero-order chi connectivity index (χ0) is 15.2. The van der Waals surface area contributed by atoms with Gasteiger partial charge in [0.1, 0.15) is 18.2 Å². The first kappa shape index (κ1) is 15.3. The fraction of sp³-hybridized carbons (Fsp3) is 0.125. The Morgan fingerprint density at radius 1 is 1.10 bits per heavy atom. The van der Waals surface area contributed by atoms with E-state index < -0.39 is 17.5 Å². The van der Waals surface area contributed by atoms with Gasteiger partial charge in [0.25, 0.3) is 0 Å². The smallest absolute Gasteiger partial charge is 0.165 e. The molecule has 0 N–H and O–H groups in total. The van der Waals surface area contributed by atoms with Gasteiger partial charge in [0.2, 0.25) is 0 Å². The first-order chi connectivity index (χ1) is 10.1. The van der Waals surface area contributed by atoms with Crippen molar-refractivity contribution in [1.82, 2.24) is 0 Å². The first-order valence-electron chi connectivity index (χ1n) is 6.02. The van der Waals surface area contributed by atoms with Crippen molar-refractivity contribution in [2.24, 2.45) is 0 Å². The van der Waals surface area contributed by atoms with E-state index in [1.54, 1.807) is 0 Å². The van der Waals surface area contributed by atoms with Crippen LogP contribution in [0.1, 0.15) is 11.1 Å². The second-order valence-corrected chi connectivity index (χ2v) is 4.34. The Morgan fingerprint density at radius 3 is 2.67 bits per heavy atom. The lowest BCUT2D eigenvalue weighted by Crippen LogP contribution is -2.01. The van der Waals surface area contributed by atoms with Crippen molar-refractivity contribution in [1.29, 1.82) is 0 Å². The van der Waals surface area contributed by atoms with Gasteiger partial charge in [-0.15, -0.1) is 11.6 Å². The molecule has 0 aromatic heterocycles. The van der Waals surface area contributed by atoms with Gasteiger partial charge in [-0.1, -0.05) is 24.0 Å². The molecule has 1 nitrogen and oxygen atoms in total. The molecule has 2 aromatic carbocycles. The van der Waals surface area contributed by atoms with Gasteiger partial charge < -0.3 is 4.74 Å². The maximum atomic E-state index is 13.5. The van der Waals surface area contributed by atoms with Crippen LogP contribution in [0.3, 0.4) is 0 Å². The Bertz CT molecular complexity index is 704. The molecule has 2 aromatic rings. The third-order valence-corrected chi connectivity index (χ3v) is 2.78. The standard InChI is InChI=1S/C16H10ClF3O/c17-8-2-4-11-9-13(18)6-7-15(11)21-10-12-3-1-5-14(19)16(12)20/h1,3,5-7,9H,8,10H2. The largest absolute Gasteiger partial charge is 0.487 e. The molecule has 0 saturated heterocycles. The molecular weight excluding hydrogens is 301 g/mol. The quantitative estimate of drug-likeness (QED) is 0.607. The summed E-state index contributed by atoms with van der Waals surface area (Å²) in [6, 6.07) is 7.58. The fourth-order valence-corrected chi connectivity index (χ4v) is 1.74. The Labute approximate surface area is 125 Å². The van der Waals surface area contributed by atoms with Crippen molar-refractivity contribution in [2.75, 3.05) is 5.88 Å². The van der Waals surface area contributed by atoms with Crippen LogP contribution in [-0.4, -0.2) is 5.88 Å². The lowest BCUT2D eigenvalue weighted by atomic mass is 10.2. The van der Waals surface area contributed by atoms with Gasteiger partial charge in [0.15, 0.2) is 11.6 Å². The summed E-state index contributed by atoms with van der Waals surface area (Å²) in [4.78, 5) is 0. The van der Waals surface area contributed by atoms with Crippen LogP contribution in [-0.2, 0) is 6.61 Å². The molecule has 108 valence electrons. The number of alkyl halides is 1. The average Bonchev–Trinajstić information content (AvgIpc) is 2.48. The monoisotopic (exact) mass is 310 g/mol. The zero-order valence-electron chi connectivity index (χ0n) is 10.8. The molecule has 0 amide bonds. The molecule has 0 aliphatic carbocycles. The summed E-state index contributed by atoms with van der Waals surface area (Å²) in [7, 11) is 0. The molecule has 0 aliphatic heterocycles. The average molecular weight is 311 g/mol. The highest BCUT2D eigenvalue weighted by molar-refractivity contribution is 6.19. The molecule has 2 rings (SSSR count). The van der Waals surface area contributed by atoms with Crippen molar-refractivity contribution in [3.8, 4) is 17.6 Å². The van der Waals surface area contributed by atoms with E-state index in [1.165, 1.54) is 30.3 Å². The second kappa shape index (κ2) is 7.05. The maximum absolute atomic E-state index is 13.5. The van der Waals surface area contributed by atoms with Crippen LogP contribution >= 0.6 is 11.6 Å². The van der Waals surface area contributed by atoms with Gasteiger partial charge in [-0.2, -0.15) is 0 Å². The normalized spacial score (nSPS) is 9.90. The van der Waals surface area contributed by atoms with E-state index in [4.69, 9.17) is 16.3 Å². The highest BCUT2D eigenvalue weighted by atomic mass is 35.5. The minimum Gasteiger partial charge on any atom is -0.487 e. The van der Waals surface area contributed by atoms with Crippen LogP contribution in [0.2, 0.25) is 0 Å². The summed E-state index contributed by atoms with van der Waals surface area (Å²) in [6.45, 7) is -0.190. The third-order valence-electron chi connectivity index (χ3n) is 2.65. The minimum absolute atomic E-state index is 0.0653. The van der Waals surface area contributed by atoms with Crippen LogP contribution in [0.15, 0.2) is 36.4 Å². The summed E-state index contributed by atoms with van der Waals surface area (Å²) in [6.07, 6.45) is 0. The van der Waals surface area contributed by atoms with Gasteiger partial charge in [0, 0.05) is 5.56 Å². The minimum atomic E-state index is -0.965. The summed E-state index contributed by atoms with van der Waals surface area (Å²) >= 11 is 5.46. The Kier molecular flexibility index (Phi) is 5.13. The number of rotatable bonds is 3. The van der Waals surface area contributed by atoms with Crippen LogP contribution in [0, 0.1) is 29.3 Å². The van der Waals surface area contributed by atoms with E-state index in [9.17, 15) is 13.2 Å². The molecular formula is C16H10ClF3O. The summed E-state index contributed by atoms with van der Waals surface area (Å²) < 4.78 is 45.2. The number of benzene rings is 2. The van der Waals surface area contributed by atoms with Crippen molar-refractivity contribution in [3.63, 3.8) is 0 Å². The van der Waals surface area contributed by atoms with Gasteiger partial charge in [-0.25, -0.2) is 13.2 Å². The molecule has 0 heterocycles. The second-order valence-electron chi connectivity index (χ2n) is 4.08. The van der Waals surface area contributed by atoms with E-state index in [0.29, 0.717) is 5.56 Å². The molecule has 0 saturated carbocycles. The zero-order valence-corrected chi connectivity index (χ0v) is 11.6. The number of hydrogen-bond donors (Lipinski definition) is 0. The number of halogens is 4. The van der Waals surface area contributed by atoms with Gasteiger partial charge in [0.05, 0.1) is 11.4 Å².